The van der Waals surface area contributed by atoms with Gasteiger partial charge in [0.15, 0.2) is 0 Å². The molecule has 2 rings (SSSR count). The SMILES string of the molecule is CC(C)(C)OC(=O)N1CCN(CCC2(C(=O)O)CC2(F)F)CC1. The number of rotatable bonds is 4. The van der Waals surface area contributed by atoms with Gasteiger partial charge in [0.1, 0.15) is 11.0 Å². The number of carbonyl (C=O) groups excluding carboxylic acids is 1. The molecule has 0 spiro atoms. The molecule has 1 aliphatic carbocycles. The van der Waals surface area contributed by atoms with Gasteiger partial charge in [0, 0.05) is 32.6 Å². The van der Waals surface area contributed by atoms with Crippen LogP contribution in [0.3, 0.4) is 0 Å². The summed E-state index contributed by atoms with van der Waals surface area (Å²) in [6, 6.07) is 0. The predicted molar refractivity (Wildman–Crippen MR) is 78.5 cm³/mol. The number of carboxylic acids is 1. The number of ether oxygens (including phenoxy) is 1. The van der Waals surface area contributed by atoms with E-state index in [0.717, 1.165) is 0 Å². The fourth-order valence-electron chi connectivity index (χ4n) is 2.77. The molecule has 1 amide bonds. The van der Waals surface area contributed by atoms with Gasteiger partial charge in [-0.05, 0) is 33.7 Å². The fourth-order valence-corrected chi connectivity index (χ4v) is 2.77. The molecule has 0 aromatic heterocycles. The number of hydrogen-bond donors (Lipinski definition) is 1. The first-order valence-corrected chi connectivity index (χ1v) is 7.78. The fraction of sp³-hybridized carbons (Fsp3) is 0.867. The van der Waals surface area contributed by atoms with Crippen LogP contribution in [-0.4, -0.2) is 71.2 Å². The molecule has 23 heavy (non-hydrogen) atoms. The first-order valence-electron chi connectivity index (χ1n) is 7.78. The normalized spacial score (nSPS) is 27.6. The molecule has 2 aliphatic rings. The van der Waals surface area contributed by atoms with Crippen molar-refractivity contribution >= 4 is 12.1 Å². The van der Waals surface area contributed by atoms with Crippen molar-refractivity contribution in [3.05, 3.63) is 0 Å². The lowest BCUT2D eigenvalue weighted by Gasteiger charge is -2.35. The third-order valence-electron chi connectivity index (χ3n) is 4.39. The summed E-state index contributed by atoms with van der Waals surface area (Å²) in [5.74, 6) is -4.52. The zero-order valence-electron chi connectivity index (χ0n) is 13.8. The molecule has 1 aliphatic heterocycles. The van der Waals surface area contributed by atoms with E-state index in [2.05, 4.69) is 0 Å². The predicted octanol–water partition coefficient (Wildman–Crippen LogP) is 2.04. The second-order valence-electron chi connectivity index (χ2n) is 7.33. The lowest BCUT2D eigenvalue weighted by Crippen LogP contribution is -2.50. The van der Waals surface area contributed by atoms with Gasteiger partial charge in [-0.15, -0.1) is 0 Å². The first-order chi connectivity index (χ1) is 10.5. The van der Waals surface area contributed by atoms with Crippen LogP contribution in [0, 0.1) is 5.41 Å². The zero-order chi connectivity index (χ0) is 17.5. The highest BCUT2D eigenvalue weighted by molar-refractivity contribution is 5.80. The minimum Gasteiger partial charge on any atom is -0.481 e. The molecule has 1 atom stereocenters. The maximum atomic E-state index is 13.3. The largest absolute Gasteiger partial charge is 0.481 e. The Labute approximate surface area is 134 Å². The molecule has 1 saturated heterocycles. The number of hydrogen-bond acceptors (Lipinski definition) is 4. The maximum absolute atomic E-state index is 13.3. The lowest BCUT2D eigenvalue weighted by molar-refractivity contribution is -0.148. The van der Waals surface area contributed by atoms with Crippen molar-refractivity contribution in [2.24, 2.45) is 5.41 Å². The summed E-state index contributed by atoms with van der Waals surface area (Å²) in [5, 5.41) is 9.02. The molecule has 0 aromatic rings. The molecule has 132 valence electrons. The summed E-state index contributed by atoms with van der Waals surface area (Å²) in [7, 11) is 0. The van der Waals surface area contributed by atoms with Gasteiger partial charge < -0.3 is 14.7 Å². The van der Waals surface area contributed by atoms with E-state index in [9.17, 15) is 18.4 Å². The Balaban J connectivity index is 1.78. The van der Waals surface area contributed by atoms with Crippen LogP contribution >= 0.6 is 0 Å². The molecule has 6 nitrogen and oxygen atoms in total. The molecule has 1 saturated carbocycles. The van der Waals surface area contributed by atoms with Crippen molar-refractivity contribution in [1.29, 1.82) is 0 Å². The minimum atomic E-state index is -3.10. The Morgan fingerprint density at radius 1 is 1.17 bits per heavy atom. The number of nitrogens with zero attached hydrogens (tertiary/aromatic N) is 2. The monoisotopic (exact) mass is 334 g/mol. The first kappa shape index (κ1) is 17.9. The van der Waals surface area contributed by atoms with Gasteiger partial charge in [0.2, 0.25) is 0 Å². The smallest absolute Gasteiger partial charge is 0.410 e. The second-order valence-corrected chi connectivity index (χ2v) is 7.33. The van der Waals surface area contributed by atoms with Crippen LogP contribution in [0.15, 0.2) is 0 Å². The molecule has 0 bridgehead atoms. The van der Waals surface area contributed by atoms with Gasteiger partial charge in [0.25, 0.3) is 5.92 Å². The molecule has 0 radical (unpaired) electrons. The summed E-state index contributed by atoms with van der Waals surface area (Å²) >= 11 is 0. The summed E-state index contributed by atoms with van der Waals surface area (Å²) in [4.78, 5) is 26.5. The van der Waals surface area contributed by atoms with Crippen molar-refractivity contribution < 1.29 is 28.2 Å². The molecule has 1 N–H and O–H groups in total. The average Bonchev–Trinajstić information content (AvgIpc) is 2.98. The van der Waals surface area contributed by atoms with Crippen molar-refractivity contribution in [2.45, 2.75) is 45.1 Å². The molecule has 8 heteroatoms. The standard InChI is InChI=1S/C15H24F2N2O4/c1-13(2,3)23-12(22)19-8-6-18(7-9-19)5-4-14(11(20)21)10-15(14,16)17/h4-10H2,1-3H3,(H,20,21). The molecule has 2 fully saturated rings. The summed E-state index contributed by atoms with van der Waals surface area (Å²) in [6.45, 7) is 7.63. The van der Waals surface area contributed by atoms with Gasteiger partial charge in [0.05, 0.1) is 0 Å². The lowest BCUT2D eigenvalue weighted by atomic mass is 10.0. The Hall–Kier alpha value is -1.44. The van der Waals surface area contributed by atoms with E-state index in [1.807, 2.05) is 4.90 Å². The van der Waals surface area contributed by atoms with E-state index < -0.39 is 29.3 Å². The highest BCUT2D eigenvalue weighted by Crippen LogP contribution is 2.62. The molecule has 1 heterocycles. The summed E-state index contributed by atoms with van der Waals surface area (Å²) in [5.41, 5.74) is -2.45. The number of halogens is 2. The number of amides is 1. The van der Waals surface area contributed by atoms with Crippen LogP contribution < -0.4 is 0 Å². The van der Waals surface area contributed by atoms with E-state index in [-0.39, 0.29) is 12.5 Å². The Kier molecular flexibility index (Phi) is 4.58. The number of aliphatic carboxylic acids is 1. The van der Waals surface area contributed by atoms with Crippen molar-refractivity contribution in [3.8, 4) is 0 Å². The van der Waals surface area contributed by atoms with Crippen LogP contribution in [0.4, 0.5) is 13.6 Å². The van der Waals surface area contributed by atoms with E-state index in [0.29, 0.717) is 32.7 Å². The van der Waals surface area contributed by atoms with Crippen LogP contribution in [0.25, 0.3) is 0 Å². The zero-order valence-corrected chi connectivity index (χ0v) is 13.8. The summed E-state index contributed by atoms with van der Waals surface area (Å²) < 4.78 is 31.9. The number of carbonyl (C=O) groups is 2. The summed E-state index contributed by atoms with van der Waals surface area (Å²) in [6.07, 6.45) is -1.03. The molecule has 1 unspecified atom stereocenters. The average molecular weight is 334 g/mol. The third-order valence-corrected chi connectivity index (χ3v) is 4.39. The van der Waals surface area contributed by atoms with E-state index >= 15 is 0 Å². The highest BCUT2D eigenvalue weighted by Gasteiger charge is 2.75. The Bertz CT molecular complexity index is 484. The van der Waals surface area contributed by atoms with Crippen LogP contribution in [0.5, 0.6) is 0 Å². The number of alkyl halides is 2. The van der Waals surface area contributed by atoms with Gasteiger partial charge >= 0.3 is 12.1 Å². The molecular formula is C15H24F2N2O4. The topological polar surface area (TPSA) is 70.1 Å². The Morgan fingerprint density at radius 3 is 2.09 bits per heavy atom. The quantitative estimate of drug-likeness (QED) is 0.852. The second kappa shape index (κ2) is 5.89. The van der Waals surface area contributed by atoms with Gasteiger partial charge in [-0.25, -0.2) is 13.6 Å². The van der Waals surface area contributed by atoms with Crippen molar-refractivity contribution in [2.75, 3.05) is 32.7 Å². The highest BCUT2D eigenvalue weighted by atomic mass is 19.3. The van der Waals surface area contributed by atoms with Gasteiger partial charge in [-0.3, -0.25) is 9.69 Å². The molecular weight excluding hydrogens is 310 g/mol. The minimum absolute atomic E-state index is 0.0677. The van der Waals surface area contributed by atoms with Crippen LogP contribution in [-0.2, 0) is 9.53 Å². The van der Waals surface area contributed by atoms with Gasteiger partial charge in [-0.1, -0.05) is 0 Å². The number of piperazine rings is 1. The van der Waals surface area contributed by atoms with E-state index in [4.69, 9.17) is 9.84 Å². The van der Waals surface area contributed by atoms with E-state index in [1.165, 1.54) is 0 Å². The maximum Gasteiger partial charge on any atom is 0.410 e. The third kappa shape index (κ3) is 3.91. The number of carboxylic acid groups (broad SMARTS) is 1. The van der Waals surface area contributed by atoms with Crippen LogP contribution in [0.2, 0.25) is 0 Å². The van der Waals surface area contributed by atoms with Gasteiger partial charge in [-0.2, -0.15) is 0 Å². The van der Waals surface area contributed by atoms with Crippen molar-refractivity contribution in [1.82, 2.24) is 9.80 Å². The van der Waals surface area contributed by atoms with Crippen molar-refractivity contribution in [3.63, 3.8) is 0 Å². The van der Waals surface area contributed by atoms with E-state index in [1.54, 1.807) is 25.7 Å². The Morgan fingerprint density at radius 2 is 1.70 bits per heavy atom. The van der Waals surface area contributed by atoms with Crippen LogP contribution in [0.1, 0.15) is 33.6 Å². The molecule has 0 aromatic carbocycles.